The maximum absolute atomic E-state index is 2.47. The Hall–Kier alpha value is -6.96. The Morgan fingerprint density at radius 1 is 0.315 bits per heavy atom. The molecule has 1 heteroatoms. The van der Waals surface area contributed by atoms with Crippen LogP contribution in [-0.2, 0) is 5.41 Å². The molecule has 0 aromatic heterocycles. The second-order valence-electron chi connectivity index (χ2n) is 14.8. The van der Waals surface area contributed by atoms with Crippen LogP contribution in [0.1, 0.15) is 22.3 Å². The molecule has 1 aliphatic heterocycles. The van der Waals surface area contributed by atoms with E-state index in [1.54, 1.807) is 0 Å². The molecule has 12 rings (SSSR count). The fourth-order valence-electron chi connectivity index (χ4n) is 10.0. The van der Waals surface area contributed by atoms with Crippen LogP contribution in [0.3, 0.4) is 0 Å². The van der Waals surface area contributed by atoms with Crippen LogP contribution in [0, 0.1) is 0 Å². The lowest BCUT2D eigenvalue weighted by molar-refractivity contribution is 0.753. The van der Waals surface area contributed by atoms with E-state index in [1.807, 2.05) is 0 Å². The van der Waals surface area contributed by atoms with Gasteiger partial charge in [-0.15, -0.1) is 0 Å². The number of rotatable bonds is 2. The standard InChI is InChI=1S/C53H33N/c1-2-14-38-35(13-1)28-32-49-52(38)44-19-7-8-20-46(44)53(49)47-21-9-11-23-50(47)54(51-24-12-10-22-48(51)53)37-29-25-34(26-30-37)36-27-31-43-41-17-4-3-15-39(41)40-16-5-6-18-42(40)45(43)33-36/h1-33H. The predicted molar refractivity (Wildman–Crippen MR) is 227 cm³/mol. The van der Waals surface area contributed by atoms with Crippen LogP contribution in [0.25, 0.3) is 65.3 Å². The SMILES string of the molecule is c1ccc2c(c1)-c1c(ccc3ccccc13)C21c2ccccc2N(c2ccc(-c3ccc4c5ccccc5c5ccccc5c4c3)cc2)c2ccccc21. The first-order valence-electron chi connectivity index (χ1n) is 18.9. The van der Waals surface area contributed by atoms with Crippen molar-refractivity contribution < 1.29 is 0 Å². The highest BCUT2D eigenvalue weighted by molar-refractivity contribution is 6.25. The topological polar surface area (TPSA) is 3.24 Å². The minimum Gasteiger partial charge on any atom is -0.310 e. The monoisotopic (exact) mass is 683 g/mol. The molecule has 0 bridgehead atoms. The van der Waals surface area contributed by atoms with Gasteiger partial charge >= 0.3 is 0 Å². The van der Waals surface area contributed by atoms with Gasteiger partial charge in [-0.25, -0.2) is 0 Å². The van der Waals surface area contributed by atoms with Crippen LogP contribution in [-0.4, -0.2) is 0 Å². The van der Waals surface area contributed by atoms with Crippen LogP contribution >= 0.6 is 0 Å². The van der Waals surface area contributed by atoms with E-state index in [2.05, 4.69) is 205 Å². The molecule has 2 aliphatic rings. The molecule has 10 aromatic carbocycles. The third-order valence-corrected chi connectivity index (χ3v) is 12.2. The number of nitrogens with zero attached hydrogens (tertiary/aromatic N) is 1. The number of hydrogen-bond acceptors (Lipinski definition) is 1. The lowest BCUT2D eigenvalue weighted by atomic mass is 9.64. The average molecular weight is 684 g/mol. The molecule has 250 valence electrons. The van der Waals surface area contributed by atoms with Crippen molar-refractivity contribution in [3.8, 4) is 22.3 Å². The van der Waals surface area contributed by atoms with E-state index in [1.165, 1.54) is 99.0 Å². The van der Waals surface area contributed by atoms with Crippen LogP contribution in [0.2, 0.25) is 0 Å². The van der Waals surface area contributed by atoms with Gasteiger partial charge in [0.05, 0.1) is 16.8 Å². The molecule has 0 N–H and O–H groups in total. The molecule has 0 unspecified atom stereocenters. The van der Waals surface area contributed by atoms with Crippen LogP contribution in [0.5, 0.6) is 0 Å². The molecule has 1 heterocycles. The Morgan fingerprint density at radius 3 is 1.48 bits per heavy atom. The summed E-state index contributed by atoms with van der Waals surface area (Å²) in [6.45, 7) is 0. The summed E-state index contributed by atoms with van der Waals surface area (Å²) in [5.74, 6) is 0. The summed E-state index contributed by atoms with van der Waals surface area (Å²) < 4.78 is 0. The number of anilines is 3. The maximum atomic E-state index is 2.47. The van der Waals surface area contributed by atoms with E-state index in [-0.39, 0.29) is 0 Å². The molecule has 1 aliphatic carbocycles. The van der Waals surface area contributed by atoms with Gasteiger partial charge in [0.15, 0.2) is 0 Å². The minimum atomic E-state index is -0.447. The molecule has 0 amide bonds. The summed E-state index contributed by atoms with van der Waals surface area (Å²) in [7, 11) is 0. The zero-order valence-electron chi connectivity index (χ0n) is 29.5. The van der Waals surface area contributed by atoms with Crippen molar-refractivity contribution in [2.45, 2.75) is 5.41 Å². The zero-order valence-corrected chi connectivity index (χ0v) is 29.5. The van der Waals surface area contributed by atoms with Crippen molar-refractivity contribution in [3.63, 3.8) is 0 Å². The normalized spacial score (nSPS) is 13.7. The molecular weight excluding hydrogens is 651 g/mol. The van der Waals surface area contributed by atoms with Crippen LogP contribution in [0.15, 0.2) is 200 Å². The number of benzene rings is 10. The van der Waals surface area contributed by atoms with Crippen molar-refractivity contribution in [2.24, 2.45) is 0 Å². The first-order valence-corrected chi connectivity index (χ1v) is 18.9. The third kappa shape index (κ3) is 3.83. The number of hydrogen-bond donors (Lipinski definition) is 0. The molecule has 1 nitrogen and oxygen atoms in total. The van der Waals surface area contributed by atoms with E-state index < -0.39 is 5.41 Å². The average Bonchev–Trinajstić information content (AvgIpc) is 3.55. The largest absolute Gasteiger partial charge is 0.310 e. The second-order valence-corrected chi connectivity index (χ2v) is 14.8. The van der Waals surface area contributed by atoms with Gasteiger partial charge in [0, 0.05) is 5.69 Å². The van der Waals surface area contributed by atoms with E-state index in [9.17, 15) is 0 Å². The molecule has 0 radical (unpaired) electrons. The summed E-state index contributed by atoms with van der Waals surface area (Å²) in [5.41, 5.74) is 13.5. The first-order chi connectivity index (χ1) is 26.8. The highest BCUT2D eigenvalue weighted by Gasteiger charge is 2.51. The van der Waals surface area contributed by atoms with Crippen LogP contribution < -0.4 is 4.90 Å². The van der Waals surface area contributed by atoms with Gasteiger partial charge < -0.3 is 4.90 Å². The quantitative estimate of drug-likeness (QED) is 0.164. The fourth-order valence-corrected chi connectivity index (χ4v) is 10.0. The van der Waals surface area contributed by atoms with Gasteiger partial charge in [-0.2, -0.15) is 0 Å². The van der Waals surface area contributed by atoms with Crippen LogP contribution in [0.4, 0.5) is 17.1 Å². The smallest absolute Gasteiger partial charge is 0.0754 e. The van der Waals surface area contributed by atoms with Gasteiger partial charge in [-0.05, 0) is 118 Å². The van der Waals surface area contributed by atoms with Crippen molar-refractivity contribution >= 4 is 60.2 Å². The molecule has 0 atom stereocenters. The number of fused-ring (bicyclic) bond motifs is 17. The molecule has 1 spiro atoms. The van der Waals surface area contributed by atoms with Gasteiger partial charge in [0.1, 0.15) is 0 Å². The van der Waals surface area contributed by atoms with Gasteiger partial charge in [0.25, 0.3) is 0 Å². The highest BCUT2D eigenvalue weighted by Crippen LogP contribution is 2.64. The Balaban J connectivity index is 1.04. The Bertz CT molecular complexity index is 3090. The Kier molecular flexibility index (Phi) is 6.04. The second kappa shape index (κ2) is 11.0. The highest BCUT2D eigenvalue weighted by atomic mass is 15.2. The summed E-state index contributed by atoms with van der Waals surface area (Å²) >= 11 is 0. The zero-order chi connectivity index (χ0) is 35.4. The van der Waals surface area contributed by atoms with E-state index in [4.69, 9.17) is 0 Å². The maximum Gasteiger partial charge on any atom is 0.0754 e. The molecular formula is C53H33N. The summed E-state index contributed by atoms with van der Waals surface area (Å²) in [6.07, 6.45) is 0. The van der Waals surface area contributed by atoms with E-state index >= 15 is 0 Å². The lowest BCUT2D eigenvalue weighted by Gasteiger charge is -2.45. The molecule has 10 aromatic rings. The number of para-hydroxylation sites is 2. The van der Waals surface area contributed by atoms with E-state index in [0.717, 1.165) is 5.69 Å². The fraction of sp³-hybridized carbons (Fsp3) is 0.0189. The van der Waals surface area contributed by atoms with Gasteiger partial charge in [-0.1, -0.05) is 170 Å². The molecule has 0 saturated heterocycles. The van der Waals surface area contributed by atoms with Gasteiger partial charge in [0.2, 0.25) is 0 Å². The minimum absolute atomic E-state index is 0.447. The van der Waals surface area contributed by atoms with Gasteiger partial charge in [-0.3, -0.25) is 0 Å². The van der Waals surface area contributed by atoms with Crippen molar-refractivity contribution in [2.75, 3.05) is 4.90 Å². The summed E-state index contributed by atoms with van der Waals surface area (Å²) in [6, 6.07) is 74.5. The molecule has 54 heavy (non-hydrogen) atoms. The molecule has 0 fully saturated rings. The first kappa shape index (κ1) is 29.6. The molecule has 0 saturated carbocycles. The lowest BCUT2D eigenvalue weighted by Crippen LogP contribution is -2.36. The Labute approximate surface area is 314 Å². The summed E-state index contributed by atoms with van der Waals surface area (Å²) in [5, 5.41) is 10.4. The van der Waals surface area contributed by atoms with Crippen molar-refractivity contribution in [1.82, 2.24) is 0 Å². The predicted octanol–water partition coefficient (Wildman–Crippen LogP) is 14.1. The van der Waals surface area contributed by atoms with Crippen molar-refractivity contribution in [3.05, 3.63) is 222 Å². The van der Waals surface area contributed by atoms with E-state index in [0.29, 0.717) is 0 Å². The summed E-state index contributed by atoms with van der Waals surface area (Å²) in [4.78, 5) is 2.47. The van der Waals surface area contributed by atoms with Crippen molar-refractivity contribution in [1.29, 1.82) is 0 Å². The third-order valence-electron chi connectivity index (χ3n) is 12.2. The Morgan fingerprint density at radius 2 is 0.815 bits per heavy atom.